The van der Waals surface area contributed by atoms with Crippen molar-refractivity contribution in [1.82, 2.24) is 9.55 Å². The van der Waals surface area contributed by atoms with E-state index in [1.54, 1.807) is 0 Å². The molecule has 19 heavy (non-hydrogen) atoms. The lowest BCUT2D eigenvalue weighted by Crippen LogP contribution is -2.22. The van der Waals surface area contributed by atoms with Gasteiger partial charge in [-0.15, -0.1) is 0 Å². The Morgan fingerprint density at radius 3 is 2.47 bits per heavy atom. The van der Waals surface area contributed by atoms with Crippen LogP contribution in [0.15, 0.2) is 6.20 Å². The van der Waals surface area contributed by atoms with Crippen LogP contribution < -0.4 is 5.32 Å². The molecule has 0 unspecified atom stereocenters. The number of rotatable bonds is 5. The van der Waals surface area contributed by atoms with Gasteiger partial charge in [-0.25, -0.2) is 4.98 Å². The van der Waals surface area contributed by atoms with Gasteiger partial charge in [-0.3, -0.25) is 0 Å². The van der Waals surface area contributed by atoms with Crippen LogP contribution in [0, 0.1) is 18.8 Å². The van der Waals surface area contributed by atoms with Crippen molar-refractivity contribution in [2.24, 2.45) is 11.8 Å². The topological polar surface area (TPSA) is 29.9 Å². The highest BCUT2D eigenvalue weighted by molar-refractivity contribution is 5.30. The first-order valence-corrected chi connectivity index (χ1v) is 8.05. The molecule has 1 N–H and O–H groups in total. The number of nitrogens with one attached hydrogen (secondary N) is 1. The maximum absolute atomic E-state index is 4.64. The third-order valence-corrected chi connectivity index (χ3v) is 4.89. The fraction of sp³-hybridized carbons (Fsp3) is 0.812. The minimum absolute atomic E-state index is 0.722. The van der Waals surface area contributed by atoms with Crippen molar-refractivity contribution in [3.8, 4) is 0 Å². The van der Waals surface area contributed by atoms with Crippen molar-refractivity contribution in [3.05, 3.63) is 11.9 Å². The molecule has 0 saturated heterocycles. The molecule has 0 atom stereocenters. The van der Waals surface area contributed by atoms with E-state index < -0.39 is 0 Å². The van der Waals surface area contributed by atoms with Gasteiger partial charge in [0, 0.05) is 18.8 Å². The largest absolute Gasteiger partial charge is 0.355 e. The van der Waals surface area contributed by atoms with Crippen LogP contribution in [-0.2, 0) is 0 Å². The summed E-state index contributed by atoms with van der Waals surface area (Å²) in [4.78, 5) is 4.64. The normalized spacial score (nSPS) is 27.5. The summed E-state index contributed by atoms with van der Waals surface area (Å²) in [7, 11) is 0. The number of aryl methyl sites for hydroxylation is 1. The zero-order valence-electron chi connectivity index (χ0n) is 12.4. The Morgan fingerprint density at radius 1 is 1.16 bits per heavy atom. The second kappa shape index (κ2) is 5.56. The average molecular weight is 261 g/mol. The van der Waals surface area contributed by atoms with Gasteiger partial charge in [0.05, 0.1) is 5.69 Å². The molecule has 1 aromatic rings. The fourth-order valence-corrected chi connectivity index (χ4v) is 3.36. The Bertz CT molecular complexity index is 412. The fourth-order valence-electron chi connectivity index (χ4n) is 3.36. The second-order valence-corrected chi connectivity index (χ2v) is 6.52. The first-order chi connectivity index (χ1) is 9.26. The van der Waals surface area contributed by atoms with Crippen LogP contribution in [0.5, 0.6) is 0 Å². The van der Waals surface area contributed by atoms with Gasteiger partial charge in [0.25, 0.3) is 0 Å². The molecule has 2 saturated carbocycles. The maximum Gasteiger partial charge on any atom is 0.203 e. The lowest BCUT2D eigenvalue weighted by atomic mass is 9.81. The Kier molecular flexibility index (Phi) is 3.81. The van der Waals surface area contributed by atoms with Crippen molar-refractivity contribution in [2.75, 3.05) is 11.9 Å². The molecular weight excluding hydrogens is 234 g/mol. The molecule has 2 fully saturated rings. The lowest BCUT2D eigenvalue weighted by Gasteiger charge is -2.28. The van der Waals surface area contributed by atoms with Crippen molar-refractivity contribution in [1.29, 1.82) is 0 Å². The van der Waals surface area contributed by atoms with E-state index in [1.807, 2.05) is 0 Å². The number of imidazole rings is 1. The van der Waals surface area contributed by atoms with E-state index in [-0.39, 0.29) is 0 Å². The lowest BCUT2D eigenvalue weighted by molar-refractivity contribution is 0.278. The van der Waals surface area contributed by atoms with Crippen LogP contribution in [0.25, 0.3) is 0 Å². The zero-order valence-corrected chi connectivity index (χ0v) is 12.4. The van der Waals surface area contributed by atoms with Crippen LogP contribution in [0.4, 0.5) is 5.95 Å². The van der Waals surface area contributed by atoms with Gasteiger partial charge in [-0.1, -0.05) is 26.2 Å². The van der Waals surface area contributed by atoms with Gasteiger partial charge >= 0.3 is 0 Å². The van der Waals surface area contributed by atoms with E-state index >= 15 is 0 Å². The summed E-state index contributed by atoms with van der Waals surface area (Å²) in [6, 6.07) is 0.722. The van der Waals surface area contributed by atoms with E-state index in [0.717, 1.165) is 36.1 Å². The highest BCUT2D eigenvalue weighted by Gasteiger charge is 2.26. The molecule has 1 heterocycles. The summed E-state index contributed by atoms with van der Waals surface area (Å²) in [5, 5.41) is 3.61. The maximum atomic E-state index is 4.64. The van der Waals surface area contributed by atoms with Gasteiger partial charge in [-0.2, -0.15) is 0 Å². The van der Waals surface area contributed by atoms with Crippen LogP contribution in [0.1, 0.15) is 63.6 Å². The van der Waals surface area contributed by atoms with E-state index in [0.29, 0.717) is 0 Å². The Labute approximate surface area is 116 Å². The number of aromatic nitrogens is 2. The van der Waals surface area contributed by atoms with Gasteiger partial charge in [0.2, 0.25) is 5.95 Å². The second-order valence-electron chi connectivity index (χ2n) is 6.52. The molecular formula is C16H27N3. The third-order valence-electron chi connectivity index (χ3n) is 4.89. The minimum atomic E-state index is 0.722. The molecule has 106 valence electrons. The standard InChI is InChI=1S/C16H27N3/c1-3-13-4-6-14(7-5-13)10-17-16-18-12(2)11-19(16)15-8-9-15/h11,13-15H,3-10H2,1-2H3,(H,17,18). The molecule has 3 rings (SSSR count). The number of anilines is 1. The smallest absolute Gasteiger partial charge is 0.203 e. The predicted octanol–water partition coefficient (Wildman–Crippen LogP) is 4.15. The summed E-state index contributed by atoms with van der Waals surface area (Å²) < 4.78 is 2.35. The third kappa shape index (κ3) is 3.13. The van der Waals surface area contributed by atoms with Crippen molar-refractivity contribution in [2.45, 2.75) is 64.8 Å². The van der Waals surface area contributed by atoms with E-state index in [9.17, 15) is 0 Å². The first-order valence-electron chi connectivity index (χ1n) is 8.05. The van der Waals surface area contributed by atoms with Crippen LogP contribution in [0.3, 0.4) is 0 Å². The predicted molar refractivity (Wildman–Crippen MR) is 79.5 cm³/mol. The molecule has 1 aromatic heterocycles. The van der Waals surface area contributed by atoms with Gasteiger partial charge in [0.1, 0.15) is 0 Å². The number of nitrogens with zero attached hydrogens (tertiary/aromatic N) is 2. The molecule has 0 radical (unpaired) electrons. The molecule has 2 aliphatic rings. The van der Waals surface area contributed by atoms with Crippen LogP contribution in [0.2, 0.25) is 0 Å². The van der Waals surface area contributed by atoms with Crippen LogP contribution in [-0.4, -0.2) is 16.1 Å². The van der Waals surface area contributed by atoms with Gasteiger partial charge in [0.15, 0.2) is 0 Å². The monoisotopic (exact) mass is 261 g/mol. The molecule has 0 aromatic carbocycles. The minimum Gasteiger partial charge on any atom is -0.355 e. The summed E-state index contributed by atoms with van der Waals surface area (Å²) in [6.07, 6.45) is 11.9. The summed E-state index contributed by atoms with van der Waals surface area (Å²) in [5.74, 6) is 2.96. The van der Waals surface area contributed by atoms with Gasteiger partial charge in [-0.05, 0) is 44.4 Å². The van der Waals surface area contributed by atoms with E-state index in [1.165, 1.54) is 44.9 Å². The Morgan fingerprint density at radius 2 is 1.84 bits per heavy atom. The molecule has 0 bridgehead atoms. The van der Waals surface area contributed by atoms with Crippen LogP contribution >= 0.6 is 0 Å². The summed E-state index contributed by atoms with van der Waals surface area (Å²) >= 11 is 0. The van der Waals surface area contributed by atoms with E-state index in [2.05, 4.69) is 34.9 Å². The van der Waals surface area contributed by atoms with Gasteiger partial charge < -0.3 is 9.88 Å². The van der Waals surface area contributed by atoms with Crippen molar-refractivity contribution in [3.63, 3.8) is 0 Å². The summed E-state index contributed by atoms with van der Waals surface area (Å²) in [5.41, 5.74) is 1.14. The molecule has 2 aliphatic carbocycles. The molecule has 3 nitrogen and oxygen atoms in total. The van der Waals surface area contributed by atoms with Crippen molar-refractivity contribution < 1.29 is 0 Å². The summed E-state index contributed by atoms with van der Waals surface area (Å²) in [6.45, 7) is 5.54. The Hall–Kier alpha value is -0.990. The quantitative estimate of drug-likeness (QED) is 0.862. The molecule has 0 aliphatic heterocycles. The highest BCUT2D eigenvalue weighted by atomic mass is 15.2. The van der Waals surface area contributed by atoms with Crippen molar-refractivity contribution >= 4 is 5.95 Å². The molecule has 0 spiro atoms. The SMILES string of the molecule is CCC1CCC(CNc2nc(C)cn2C2CC2)CC1. The Balaban J connectivity index is 1.52. The number of hydrogen-bond acceptors (Lipinski definition) is 2. The molecule has 0 amide bonds. The average Bonchev–Trinajstić information content (AvgIpc) is 3.21. The molecule has 3 heteroatoms. The van der Waals surface area contributed by atoms with E-state index in [4.69, 9.17) is 0 Å². The highest BCUT2D eigenvalue weighted by Crippen LogP contribution is 2.37. The first kappa shape index (κ1) is 13.0. The number of hydrogen-bond donors (Lipinski definition) is 1. The zero-order chi connectivity index (χ0) is 13.2.